The Morgan fingerprint density at radius 2 is 1.89 bits per heavy atom. The number of ether oxygens (including phenoxy) is 1. The third-order valence-electron chi connectivity index (χ3n) is 5.69. The molecule has 5 aromatic rings. The van der Waals surface area contributed by atoms with E-state index in [9.17, 15) is 4.79 Å². The van der Waals surface area contributed by atoms with Crippen LogP contribution in [0.5, 0.6) is 5.75 Å². The minimum absolute atomic E-state index is 0.0466. The molecule has 35 heavy (non-hydrogen) atoms. The van der Waals surface area contributed by atoms with Crippen molar-refractivity contribution in [1.82, 2.24) is 34.3 Å². The van der Waals surface area contributed by atoms with Gasteiger partial charge in [-0.05, 0) is 56.7 Å². The minimum Gasteiger partial charge on any atom is -0.497 e. The molecule has 3 heterocycles. The summed E-state index contributed by atoms with van der Waals surface area (Å²) in [5.41, 5.74) is 10.7. The van der Waals surface area contributed by atoms with Gasteiger partial charge in [0.25, 0.3) is 0 Å². The number of nitrogens with zero attached hydrogens (tertiary/aromatic N) is 7. The van der Waals surface area contributed by atoms with Crippen LogP contribution >= 0.6 is 0 Å². The largest absolute Gasteiger partial charge is 0.497 e. The van der Waals surface area contributed by atoms with Gasteiger partial charge in [-0.3, -0.25) is 4.79 Å². The summed E-state index contributed by atoms with van der Waals surface area (Å²) >= 11 is 0. The number of benzene rings is 2. The molecular formula is C25H24N8O2. The van der Waals surface area contributed by atoms with Crippen molar-refractivity contribution < 1.29 is 9.53 Å². The van der Waals surface area contributed by atoms with Gasteiger partial charge in [-0.1, -0.05) is 6.07 Å². The first-order valence-electron chi connectivity index (χ1n) is 10.9. The van der Waals surface area contributed by atoms with Crippen molar-refractivity contribution in [2.75, 3.05) is 12.8 Å². The number of carbonyl (C=O) groups excluding carboxylic acids is 1. The van der Waals surface area contributed by atoms with E-state index in [0.717, 1.165) is 33.7 Å². The van der Waals surface area contributed by atoms with Gasteiger partial charge in [-0.15, -0.1) is 0 Å². The van der Waals surface area contributed by atoms with Gasteiger partial charge in [0.05, 0.1) is 23.8 Å². The minimum atomic E-state index is -0.290. The highest BCUT2D eigenvalue weighted by Crippen LogP contribution is 2.37. The van der Waals surface area contributed by atoms with E-state index in [1.807, 2.05) is 36.4 Å². The molecule has 2 aromatic carbocycles. The number of fused-ring (bicyclic) bond motifs is 1. The van der Waals surface area contributed by atoms with Crippen LogP contribution in [0.4, 0.5) is 5.82 Å². The van der Waals surface area contributed by atoms with Crippen LogP contribution in [0.25, 0.3) is 39.2 Å². The molecule has 10 nitrogen and oxygen atoms in total. The van der Waals surface area contributed by atoms with Crippen molar-refractivity contribution >= 4 is 23.1 Å². The van der Waals surface area contributed by atoms with Crippen molar-refractivity contribution in [3.8, 4) is 34.0 Å². The third-order valence-corrected chi connectivity index (χ3v) is 5.69. The molecule has 0 saturated carbocycles. The number of rotatable bonds is 5. The lowest BCUT2D eigenvalue weighted by atomic mass is 10.0. The molecular weight excluding hydrogens is 444 g/mol. The van der Waals surface area contributed by atoms with Crippen LogP contribution in [0.3, 0.4) is 0 Å². The van der Waals surface area contributed by atoms with Crippen LogP contribution < -0.4 is 10.5 Å². The normalized spacial score (nSPS) is 11.7. The Morgan fingerprint density at radius 1 is 1.06 bits per heavy atom. The number of aldehydes is 1. The average molecular weight is 469 g/mol. The van der Waals surface area contributed by atoms with Crippen LogP contribution in [-0.4, -0.2) is 47.7 Å². The summed E-state index contributed by atoms with van der Waals surface area (Å²) < 4.78 is 9.42. The summed E-state index contributed by atoms with van der Waals surface area (Å²) in [6.07, 6.45) is 5.27. The molecule has 0 unspecified atom stereocenters. The van der Waals surface area contributed by atoms with Gasteiger partial charge in [-0.2, -0.15) is 5.10 Å². The second-order valence-electron chi connectivity index (χ2n) is 9.01. The van der Waals surface area contributed by atoms with Crippen LogP contribution in [0.2, 0.25) is 0 Å². The predicted molar refractivity (Wildman–Crippen MR) is 132 cm³/mol. The molecule has 2 N–H and O–H groups in total. The first kappa shape index (κ1) is 22.2. The highest BCUT2D eigenvalue weighted by Gasteiger charge is 2.25. The standard InChI is InChI=1S/C25H24N8O2/c1-25(2,3)33-21-7-5-15(18-11-28-22(12-34)31-23(18)26)9-19(21)30-24(33)17-10-16(35-4)6-8-20(17)32-14-27-13-29-32/h5-14H,1-4H3,(H2,26,28,31). The van der Waals surface area contributed by atoms with Gasteiger partial charge in [-0.25, -0.2) is 24.6 Å². The number of hydrogen-bond donors (Lipinski definition) is 1. The second-order valence-corrected chi connectivity index (χ2v) is 9.01. The number of imidazole rings is 1. The molecule has 10 heteroatoms. The fraction of sp³-hybridized carbons (Fsp3) is 0.200. The fourth-order valence-corrected chi connectivity index (χ4v) is 4.15. The molecule has 0 atom stereocenters. The van der Waals surface area contributed by atoms with Crippen LogP contribution in [-0.2, 0) is 5.54 Å². The lowest BCUT2D eigenvalue weighted by Gasteiger charge is -2.25. The molecule has 0 aliphatic carbocycles. The molecule has 0 aliphatic rings. The molecule has 5 rings (SSSR count). The lowest BCUT2D eigenvalue weighted by molar-refractivity contribution is 0.111. The Kier molecular flexibility index (Phi) is 5.28. The maximum absolute atomic E-state index is 11.0. The number of nitrogens with two attached hydrogens (primary N) is 1. The second kappa shape index (κ2) is 8.32. The van der Waals surface area contributed by atoms with E-state index < -0.39 is 0 Å². The molecule has 3 aromatic heterocycles. The Morgan fingerprint density at radius 3 is 2.54 bits per heavy atom. The molecule has 176 valence electrons. The zero-order chi connectivity index (χ0) is 24.7. The van der Waals surface area contributed by atoms with Crippen LogP contribution in [0, 0.1) is 0 Å². The molecule has 0 aliphatic heterocycles. The van der Waals surface area contributed by atoms with Crippen molar-refractivity contribution in [3.63, 3.8) is 0 Å². The third kappa shape index (κ3) is 3.88. The number of methoxy groups -OCH3 is 1. The van der Waals surface area contributed by atoms with Crippen molar-refractivity contribution in [2.24, 2.45) is 0 Å². The van der Waals surface area contributed by atoms with Gasteiger partial charge >= 0.3 is 0 Å². The van der Waals surface area contributed by atoms with E-state index >= 15 is 0 Å². The smallest absolute Gasteiger partial charge is 0.194 e. The first-order valence-corrected chi connectivity index (χ1v) is 10.9. The van der Waals surface area contributed by atoms with Crippen LogP contribution in [0.1, 0.15) is 31.4 Å². The van der Waals surface area contributed by atoms with Gasteiger partial charge < -0.3 is 15.0 Å². The van der Waals surface area contributed by atoms with Gasteiger partial charge in [0.15, 0.2) is 12.1 Å². The van der Waals surface area contributed by atoms with E-state index in [2.05, 4.69) is 45.4 Å². The molecule has 0 saturated heterocycles. The van der Waals surface area contributed by atoms with Gasteiger partial charge in [0.2, 0.25) is 0 Å². The first-order chi connectivity index (χ1) is 16.8. The number of aromatic nitrogens is 7. The van der Waals surface area contributed by atoms with Crippen LogP contribution in [0.15, 0.2) is 55.2 Å². The zero-order valence-electron chi connectivity index (χ0n) is 19.8. The van der Waals surface area contributed by atoms with E-state index in [1.54, 1.807) is 24.3 Å². The number of anilines is 1. The van der Waals surface area contributed by atoms with E-state index in [-0.39, 0.29) is 17.2 Å². The molecule has 0 bridgehead atoms. The molecule has 0 radical (unpaired) electrons. The Balaban J connectivity index is 1.76. The van der Waals surface area contributed by atoms with Crippen molar-refractivity contribution in [3.05, 3.63) is 61.1 Å². The Labute approximate surface area is 201 Å². The highest BCUT2D eigenvalue weighted by atomic mass is 16.5. The molecule has 0 spiro atoms. The number of nitrogen functional groups attached to an aromatic ring is 1. The molecule has 0 amide bonds. The maximum Gasteiger partial charge on any atom is 0.194 e. The number of carbonyl (C=O) groups is 1. The quantitative estimate of drug-likeness (QED) is 0.385. The van der Waals surface area contributed by atoms with Crippen molar-refractivity contribution in [2.45, 2.75) is 26.3 Å². The SMILES string of the molecule is COc1ccc(-n2cncn2)c(-c2nc3cc(-c4cnc(C=O)nc4N)ccc3n2C(C)(C)C)c1. The zero-order valence-corrected chi connectivity index (χ0v) is 19.8. The van der Waals surface area contributed by atoms with Gasteiger partial charge in [0, 0.05) is 22.9 Å². The highest BCUT2D eigenvalue weighted by molar-refractivity contribution is 5.89. The van der Waals surface area contributed by atoms with E-state index in [4.69, 9.17) is 15.5 Å². The summed E-state index contributed by atoms with van der Waals surface area (Å²) in [6.45, 7) is 6.39. The predicted octanol–water partition coefficient (Wildman–Crippen LogP) is 3.90. The lowest BCUT2D eigenvalue weighted by Crippen LogP contribution is -2.23. The average Bonchev–Trinajstić information content (AvgIpc) is 3.51. The maximum atomic E-state index is 11.0. The molecule has 0 fully saturated rings. The topological polar surface area (TPSA) is 127 Å². The summed E-state index contributed by atoms with van der Waals surface area (Å²) in [6, 6.07) is 11.7. The summed E-state index contributed by atoms with van der Waals surface area (Å²) in [7, 11) is 1.63. The summed E-state index contributed by atoms with van der Waals surface area (Å²) in [5, 5.41) is 4.33. The monoisotopic (exact) mass is 468 g/mol. The Bertz CT molecular complexity index is 1550. The van der Waals surface area contributed by atoms with Gasteiger partial charge in [0.1, 0.15) is 30.0 Å². The Hall–Kier alpha value is -4.60. The summed E-state index contributed by atoms with van der Waals surface area (Å²) in [4.78, 5) is 28.3. The van der Waals surface area contributed by atoms with E-state index in [0.29, 0.717) is 17.6 Å². The summed E-state index contributed by atoms with van der Waals surface area (Å²) in [5.74, 6) is 1.75. The number of hydrogen-bond acceptors (Lipinski definition) is 8. The van der Waals surface area contributed by atoms with E-state index in [1.165, 1.54) is 6.33 Å². The van der Waals surface area contributed by atoms with Crippen molar-refractivity contribution in [1.29, 1.82) is 0 Å². The fourth-order valence-electron chi connectivity index (χ4n) is 4.15.